The molecule has 0 aliphatic rings. The SMILES string of the molecule is CCCCCCC/C=C\C/C=C\CCCCCCCCCCCCCCCC(=O)OCC(COC(=O)CCCCCCCCCCCCCCCC)OC(=O)CCCCCCCCCCCCCCCCCCCC. The smallest absolute Gasteiger partial charge is 0.306 e. The van der Waals surface area contributed by atoms with E-state index in [2.05, 4.69) is 45.1 Å². The molecule has 0 saturated heterocycles. The molecule has 0 aromatic rings. The molecule has 0 fully saturated rings. The fourth-order valence-electron chi connectivity index (χ4n) is 10.4. The Balaban J connectivity index is 4.24. The monoisotopic (exact) mass is 1050 g/mol. The second-order valence-electron chi connectivity index (χ2n) is 23.1. The van der Waals surface area contributed by atoms with Crippen LogP contribution in [-0.4, -0.2) is 37.2 Å². The lowest BCUT2D eigenvalue weighted by Gasteiger charge is -2.18. The van der Waals surface area contributed by atoms with Gasteiger partial charge < -0.3 is 14.2 Å². The molecule has 0 heterocycles. The van der Waals surface area contributed by atoms with E-state index in [0.29, 0.717) is 19.3 Å². The molecule has 6 heteroatoms. The van der Waals surface area contributed by atoms with Crippen molar-refractivity contribution >= 4 is 17.9 Å². The summed E-state index contributed by atoms with van der Waals surface area (Å²) in [5, 5.41) is 0. The molecule has 442 valence electrons. The Morgan fingerprint density at radius 1 is 0.267 bits per heavy atom. The zero-order valence-electron chi connectivity index (χ0n) is 50.8. The molecular formula is C69H130O6. The number of allylic oxidation sites excluding steroid dienone is 4. The highest BCUT2D eigenvalue weighted by Gasteiger charge is 2.19. The van der Waals surface area contributed by atoms with E-state index in [0.717, 1.165) is 64.2 Å². The molecule has 1 atom stereocenters. The van der Waals surface area contributed by atoms with Gasteiger partial charge in [0.1, 0.15) is 13.2 Å². The summed E-state index contributed by atoms with van der Waals surface area (Å²) in [5.74, 6) is -0.833. The second kappa shape index (κ2) is 64.4. The average Bonchev–Trinajstić information content (AvgIpc) is 3.41. The van der Waals surface area contributed by atoms with Crippen LogP contribution in [0.3, 0.4) is 0 Å². The molecule has 0 spiro atoms. The second-order valence-corrected chi connectivity index (χ2v) is 23.1. The van der Waals surface area contributed by atoms with Crippen LogP contribution in [0.25, 0.3) is 0 Å². The Bertz CT molecular complexity index is 1210. The van der Waals surface area contributed by atoms with Crippen molar-refractivity contribution in [2.24, 2.45) is 0 Å². The number of hydrogen-bond donors (Lipinski definition) is 0. The van der Waals surface area contributed by atoms with E-state index in [9.17, 15) is 14.4 Å². The van der Waals surface area contributed by atoms with E-state index in [4.69, 9.17) is 14.2 Å². The summed E-state index contributed by atoms with van der Waals surface area (Å²) in [6.07, 6.45) is 77.6. The number of unbranched alkanes of at least 4 members (excludes halogenated alkanes) is 48. The first-order valence-corrected chi connectivity index (χ1v) is 33.8. The van der Waals surface area contributed by atoms with Crippen molar-refractivity contribution in [2.45, 2.75) is 386 Å². The van der Waals surface area contributed by atoms with E-state index in [1.165, 1.54) is 276 Å². The maximum atomic E-state index is 12.9. The highest BCUT2D eigenvalue weighted by Crippen LogP contribution is 2.18. The summed E-state index contributed by atoms with van der Waals surface area (Å²) >= 11 is 0. The molecule has 1 unspecified atom stereocenters. The number of ether oxygens (including phenoxy) is 3. The minimum atomic E-state index is -0.767. The summed E-state index contributed by atoms with van der Waals surface area (Å²) in [5.41, 5.74) is 0. The molecule has 0 aliphatic heterocycles. The van der Waals surface area contributed by atoms with Crippen LogP contribution in [0.5, 0.6) is 0 Å². The minimum Gasteiger partial charge on any atom is -0.462 e. The Morgan fingerprint density at radius 3 is 0.733 bits per heavy atom. The van der Waals surface area contributed by atoms with E-state index < -0.39 is 6.10 Å². The highest BCUT2D eigenvalue weighted by atomic mass is 16.6. The lowest BCUT2D eigenvalue weighted by molar-refractivity contribution is -0.167. The predicted octanol–water partition coefficient (Wildman–Crippen LogP) is 23.0. The Labute approximate surface area is 468 Å². The number of rotatable bonds is 63. The lowest BCUT2D eigenvalue weighted by atomic mass is 10.0. The molecule has 0 bridgehead atoms. The Morgan fingerprint density at radius 2 is 0.480 bits per heavy atom. The third-order valence-corrected chi connectivity index (χ3v) is 15.5. The van der Waals surface area contributed by atoms with Gasteiger partial charge in [0.2, 0.25) is 0 Å². The number of esters is 3. The number of carbonyl (C=O) groups excluding carboxylic acids is 3. The van der Waals surface area contributed by atoms with Crippen molar-refractivity contribution in [2.75, 3.05) is 13.2 Å². The summed E-state index contributed by atoms with van der Waals surface area (Å²) < 4.78 is 17.0. The van der Waals surface area contributed by atoms with Crippen molar-refractivity contribution in [3.63, 3.8) is 0 Å². The highest BCUT2D eigenvalue weighted by molar-refractivity contribution is 5.71. The van der Waals surface area contributed by atoms with Crippen LogP contribution in [0, 0.1) is 0 Å². The van der Waals surface area contributed by atoms with Crippen molar-refractivity contribution in [3.8, 4) is 0 Å². The van der Waals surface area contributed by atoms with Crippen LogP contribution in [0.15, 0.2) is 24.3 Å². The van der Waals surface area contributed by atoms with E-state index in [1.54, 1.807) is 0 Å². The molecule has 0 aliphatic carbocycles. The third-order valence-electron chi connectivity index (χ3n) is 15.5. The topological polar surface area (TPSA) is 78.9 Å². The molecule has 0 saturated carbocycles. The lowest BCUT2D eigenvalue weighted by Crippen LogP contribution is -2.30. The molecule has 0 rings (SSSR count). The van der Waals surface area contributed by atoms with Crippen molar-refractivity contribution < 1.29 is 28.6 Å². The van der Waals surface area contributed by atoms with E-state index in [1.807, 2.05) is 0 Å². The molecule has 0 N–H and O–H groups in total. The number of hydrogen-bond acceptors (Lipinski definition) is 6. The quantitative estimate of drug-likeness (QED) is 0.0261. The largest absolute Gasteiger partial charge is 0.462 e. The van der Waals surface area contributed by atoms with Crippen LogP contribution < -0.4 is 0 Å². The van der Waals surface area contributed by atoms with Gasteiger partial charge in [-0.3, -0.25) is 14.4 Å². The molecule has 0 aromatic carbocycles. The maximum absolute atomic E-state index is 12.9. The molecular weight excluding hydrogens is 925 g/mol. The van der Waals surface area contributed by atoms with E-state index in [-0.39, 0.29) is 31.1 Å². The van der Waals surface area contributed by atoms with Gasteiger partial charge in [-0.15, -0.1) is 0 Å². The summed E-state index contributed by atoms with van der Waals surface area (Å²) in [6, 6.07) is 0. The van der Waals surface area contributed by atoms with Gasteiger partial charge in [0, 0.05) is 19.3 Å². The first-order valence-electron chi connectivity index (χ1n) is 33.8. The minimum absolute atomic E-state index is 0.0643. The van der Waals surface area contributed by atoms with Gasteiger partial charge in [-0.05, 0) is 51.4 Å². The van der Waals surface area contributed by atoms with Crippen molar-refractivity contribution in [3.05, 3.63) is 24.3 Å². The van der Waals surface area contributed by atoms with Gasteiger partial charge in [-0.1, -0.05) is 334 Å². The van der Waals surface area contributed by atoms with Crippen molar-refractivity contribution in [1.82, 2.24) is 0 Å². The summed E-state index contributed by atoms with van der Waals surface area (Å²) in [7, 11) is 0. The van der Waals surface area contributed by atoms with Crippen LogP contribution in [0.1, 0.15) is 380 Å². The fraction of sp³-hybridized carbons (Fsp3) is 0.899. The molecule has 0 radical (unpaired) electrons. The van der Waals surface area contributed by atoms with Gasteiger partial charge in [0.25, 0.3) is 0 Å². The Hall–Kier alpha value is -2.11. The normalized spacial score (nSPS) is 12.1. The van der Waals surface area contributed by atoms with Gasteiger partial charge in [-0.2, -0.15) is 0 Å². The zero-order valence-corrected chi connectivity index (χ0v) is 50.8. The summed E-state index contributed by atoms with van der Waals surface area (Å²) in [4.78, 5) is 38.4. The average molecular weight is 1060 g/mol. The molecule has 0 amide bonds. The van der Waals surface area contributed by atoms with Crippen molar-refractivity contribution in [1.29, 1.82) is 0 Å². The predicted molar refractivity (Wildman–Crippen MR) is 326 cm³/mol. The molecule has 6 nitrogen and oxygen atoms in total. The van der Waals surface area contributed by atoms with Gasteiger partial charge in [-0.25, -0.2) is 0 Å². The zero-order chi connectivity index (χ0) is 54.3. The third kappa shape index (κ3) is 62.6. The fourth-order valence-corrected chi connectivity index (χ4v) is 10.4. The van der Waals surface area contributed by atoms with Crippen LogP contribution in [-0.2, 0) is 28.6 Å². The van der Waals surface area contributed by atoms with Gasteiger partial charge in [0.05, 0.1) is 0 Å². The van der Waals surface area contributed by atoms with Crippen LogP contribution in [0.2, 0.25) is 0 Å². The van der Waals surface area contributed by atoms with Crippen LogP contribution in [0.4, 0.5) is 0 Å². The Kier molecular flexibility index (Phi) is 62.6. The maximum Gasteiger partial charge on any atom is 0.306 e. The molecule has 75 heavy (non-hydrogen) atoms. The van der Waals surface area contributed by atoms with Crippen LogP contribution >= 0.6 is 0 Å². The first-order chi connectivity index (χ1) is 37.0. The van der Waals surface area contributed by atoms with Gasteiger partial charge >= 0.3 is 17.9 Å². The number of carbonyl (C=O) groups is 3. The first kappa shape index (κ1) is 72.9. The van der Waals surface area contributed by atoms with Gasteiger partial charge in [0.15, 0.2) is 6.10 Å². The summed E-state index contributed by atoms with van der Waals surface area (Å²) in [6.45, 7) is 6.71. The molecule has 0 aromatic heterocycles. The standard InChI is InChI=1S/C69H130O6/c1-4-7-10-13-16-19-22-25-28-30-32-33-34-35-36-37-38-40-41-44-47-50-53-56-59-62-68(71)74-65-66(64-73-67(70)61-58-55-52-49-46-43-27-24-21-18-15-12-9-6-3)75-69(72)63-60-57-54-51-48-45-42-39-31-29-26-23-20-17-14-11-8-5-2/h22,25,30,32,66H,4-21,23-24,26-29,31,33-65H2,1-3H3/b25-22-,32-30-. The van der Waals surface area contributed by atoms with E-state index >= 15 is 0 Å².